The monoisotopic (exact) mass is 320 g/mol. The molecule has 2 atom stereocenters. The molecule has 0 saturated carbocycles. The first-order valence-corrected chi connectivity index (χ1v) is 8.93. The maximum absolute atomic E-state index is 6.45. The van der Waals surface area contributed by atoms with Crippen LogP contribution in [0.3, 0.4) is 0 Å². The van der Waals surface area contributed by atoms with Crippen LogP contribution >= 0.6 is 23.4 Å². The van der Waals surface area contributed by atoms with Crippen LogP contribution in [0.15, 0.2) is 29.2 Å². The van der Waals surface area contributed by atoms with Crippen LogP contribution in [0.5, 0.6) is 0 Å². The molecule has 0 aliphatic carbocycles. The number of benzene rings is 1. The van der Waals surface area contributed by atoms with Crippen LogP contribution in [0.25, 0.3) is 0 Å². The smallest absolute Gasteiger partial charge is 0.0643 e. The topological polar surface area (TPSA) is 17.8 Å². The van der Waals surface area contributed by atoms with E-state index in [4.69, 9.17) is 16.7 Å². The van der Waals surface area contributed by atoms with Crippen molar-refractivity contribution >= 4 is 23.4 Å². The summed E-state index contributed by atoms with van der Waals surface area (Å²) >= 11 is 8.41. The van der Waals surface area contributed by atoms with Gasteiger partial charge in [-0.25, -0.2) is 0 Å². The number of hydrogen-bond donors (Lipinski definition) is 0. The Morgan fingerprint density at radius 3 is 2.90 bits per heavy atom. The van der Waals surface area contributed by atoms with Gasteiger partial charge >= 0.3 is 0 Å². The molecule has 21 heavy (non-hydrogen) atoms. The maximum atomic E-state index is 6.45. The molecule has 2 aromatic rings. The molecule has 0 saturated heterocycles. The number of alkyl halides is 1. The van der Waals surface area contributed by atoms with Crippen LogP contribution in [-0.2, 0) is 6.54 Å². The van der Waals surface area contributed by atoms with Gasteiger partial charge in [-0.3, -0.25) is 4.68 Å². The third kappa shape index (κ3) is 2.74. The number of rotatable bonds is 4. The van der Waals surface area contributed by atoms with Crippen LogP contribution < -0.4 is 0 Å². The van der Waals surface area contributed by atoms with Gasteiger partial charge < -0.3 is 0 Å². The normalized spacial score (nSPS) is 18.8. The second-order valence-corrected chi connectivity index (χ2v) is 7.28. The van der Waals surface area contributed by atoms with Gasteiger partial charge in [-0.05, 0) is 31.9 Å². The Morgan fingerprint density at radius 2 is 2.14 bits per heavy atom. The van der Waals surface area contributed by atoms with E-state index in [1.807, 2.05) is 11.8 Å². The summed E-state index contributed by atoms with van der Waals surface area (Å²) in [6, 6.07) is 8.73. The van der Waals surface area contributed by atoms with Gasteiger partial charge in [0, 0.05) is 34.4 Å². The molecule has 0 bridgehead atoms. The zero-order chi connectivity index (χ0) is 15.0. The van der Waals surface area contributed by atoms with E-state index in [-0.39, 0.29) is 5.38 Å². The minimum atomic E-state index is 0.0731. The highest BCUT2D eigenvalue weighted by atomic mass is 35.5. The molecule has 1 aromatic carbocycles. The molecule has 2 heterocycles. The van der Waals surface area contributed by atoms with E-state index in [1.165, 1.54) is 21.7 Å². The molecule has 0 radical (unpaired) electrons. The van der Waals surface area contributed by atoms with E-state index in [0.29, 0.717) is 5.92 Å². The Hall–Kier alpha value is -0.930. The lowest BCUT2D eigenvalue weighted by molar-refractivity contribution is 0.534. The van der Waals surface area contributed by atoms with Gasteiger partial charge in [0.1, 0.15) is 0 Å². The average Bonchev–Trinajstić information content (AvgIpc) is 3.01. The fourth-order valence-electron chi connectivity index (χ4n) is 3.14. The minimum Gasteiger partial charge on any atom is -0.269 e. The molecule has 3 rings (SSSR count). The maximum Gasteiger partial charge on any atom is 0.0643 e. The predicted octanol–water partition coefficient (Wildman–Crippen LogP) is 5.08. The number of nitrogens with zero attached hydrogens (tertiary/aromatic N) is 2. The predicted molar refractivity (Wildman–Crippen MR) is 90.5 cm³/mol. The minimum absolute atomic E-state index is 0.0731. The summed E-state index contributed by atoms with van der Waals surface area (Å²) in [5.74, 6) is 1.69. The zero-order valence-electron chi connectivity index (χ0n) is 12.8. The second-order valence-electron chi connectivity index (χ2n) is 5.69. The van der Waals surface area contributed by atoms with Gasteiger partial charge in [0.2, 0.25) is 0 Å². The molecular formula is C17H21ClN2S. The first-order chi connectivity index (χ1) is 10.1. The van der Waals surface area contributed by atoms with Gasteiger partial charge in [0.25, 0.3) is 0 Å². The van der Waals surface area contributed by atoms with Crippen molar-refractivity contribution in [2.45, 2.75) is 49.9 Å². The Labute approximate surface area is 135 Å². The standard InChI is InChI=1S/C17H21ClN2S/c1-4-15(18)17-11(2)19-20(12(17)3)9-13-10-21-16-8-6-5-7-14(13)16/h5-8,13,15H,4,9-10H2,1-3H3. The molecule has 0 spiro atoms. The number of thioether (sulfide) groups is 1. The van der Waals surface area contributed by atoms with Gasteiger partial charge in [-0.1, -0.05) is 25.1 Å². The number of halogens is 1. The Balaban J connectivity index is 1.87. The van der Waals surface area contributed by atoms with Gasteiger partial charge in [-0.2, -0.15) is 5.10 Å². The summed E-state index contributed by atoms with van der Waals surface area (Å²) in [5.41, 5.74) is 4.99. The first-order valence-electron chi connectivity index (χ1n) is 7.51. The quantitative estimate of drug-likeness (QED) is 0.731. The van der Waals surface area contributed by atoms with Crippen molar-refractivity contribution in [1.29, 1.82) is 0 Å². The summed E-state index contributed by atoms with van der Waals surface area (Å²) in [6.45, 7) is 7.29. The molecule has 2 nitrogen and oxygen atoms in total. The summed E-state index contributed by atoms with van der Waals surface area (Å²) in [4.78, 5) is 1.42. The Morgan fingerprint density at radius 1 is 1.38 bits per heavy atom. The number of aryl methyl sites for hydroxylation is 1. The van der Waals surface area contributed by atoms with Crippen LogP contribution in [0, 0.1) is 13.8 Å². The third-order valence-corrected chi connectivity index (χ3v) is 6.08. The van der Waals surface area contributed by atoms with E-state index in [9.17, 15) is 0 Å². The van der Waals surface area contributed by atoms with Crippen molar-refractivity contribution in [1.82, 2.24) is 9.78 Å². The van der Waals surface area contributed by atoms with E-state index >= 15 is 0 Å². The fourth-order valence-corrected chi connectivity index (χ4v) is 4.69. The van der Waals surface area contributed by atoms with Crippen LogP contribution in [0.4, 0.5) is 0 Å². The van der Waals surface area contributed by atoms with Gasteiger partial charge in [0.05, 0.1) is 11.1 Å². The molecule has 0 fully saturated rings. The molecule has 112 valence electrons. The molecule has 1 aliphatic rings. The molecule has 0 amide bonds. The molecule has 2 unspecified atom stereocenters. The summed E-state index contributed by atoms with van der Waals surface area (Å²) in [5, 5.41) is 4.81. The van der Waals surface area contributed by atoms with Crippen molar-refractivity contribution in [2.24, 2.45) is 0 Å². The van der Waals surface area contributed by atoms with Crippen molar-refractivity contribution in [3.63, 3.8) is 0 Å². The lowest BCUT2D eigenvalue weighted by Crippen LogP contribution is -2.12. The number of fused-ring (bicyclic) bond motifs is 1. The number of aromatic nitrogens is 2. The van der Waals surface area contributed by atoms with Crippen LogP contribution in [0.2, 0.25) is 0 Å². The lowest BCUT2D eigenvalue weighted by atomic mass is 10.0. The molecule has 1 aromatic heterocycles. The Bertz CT molecular complexity index is 650. The van der Waals surface area contributed by atoms with Crippen LogP contribution in [-0.4, -0.2) is 15.5 Å². The fraction of sp³-hybridized carbons (Fsp3) is 0.471. The van der Waals surface area contributed by atoms with Crippen molar-refractivity contribution in [3.05, 3.63) is 46.8 Å². The summed E-state index contributed by atoms with van der Waals surface area (Å²) in [6.07, 6.45) is 0.942. The van der Waals surface area contributed by atoms with Crippen LogP contribution in [0.1, 0.15) is 47.2 Å². The van der Waals surface area contributed by atoms with Crippen molar-refractivity contribution < 1.29 is 0 Å². The van der Waals surface area contributed by atoms with Crippen molar-refractivity contribution in [2.75, 3.05) is 5.75 Å². The average molecular weight is 321 g/mol. The first kappa shape index (κ1) is 15.0. The highest BCUT2D eigenvalue weighted by molar-refractivity contribution is 7.99. The molecule has 1 aliphatic heterocycles. The van der Waals surface area contributed by atoms with E-state index in [2.05, 4.69) is 49.7 Å². The molecule has 4 heteroatoms. The SMILES string of the molecule is CCC(Cl)c1c(C)nn(CC2CSc3ccccc32)c1C. The second kappa shape index (κ2) is 6.05. The van der Waals surface area contributed by atoms with E-state index < -0.39 is 0 Å². The van der Waals surface area contributed by atoms with Gasteiger partial charge in [-0.15, -0.1) is 23.4 Å². The zero-order valence-corrected chi connectivity index (χ0v) is 14.3. The lowest BCUT2D eigenvalue weighted by Gasteiger charge is -2.13. The largest absolute Gasteiger partial charge is 0.269 e. The molecule has 0 N–H and O–H groups in total. The molecular weight excluding hydrogens is 300 g/mol. The van der Waals surface area contributed by atoms with E-state index in [0.717, 1.165) is 24.4 Å². The summed E-state index contributed by atoms with van der Waals surface area (Å²) in [7, 11) is 0. The van der Waals surface area contributed by atoms with Crippen molar-refractivity contribution in [3.8, 4) is 0 Å². The van der Waals surface area contributed by atoms with Gasteiger partial charge in [0.15, 0.2) is 0 Å². The highest BCUT2D eigenvalue weighted by Crippen LogP contribution is 2.40. The third-order valence-electron chi connectivity index (χ3n) is 4.30. The Kier molecular flexibility index (Phi) is 4.32. The summed E-state index contributed by atoms with van der Waals surface area (Å²) < 4.78 is 2.16. The van der Waals surface area contributed by atoms with E-state index in [1.54, 1.807) is 0 Å². The number of hydrogen-bond acceptors (Lipinski definition) is 2. The highest BCUT2D eigenvalue weighted by Gasteiger charge is 2.25.